The molecule has 21 heavy (non-hydrogen) atoms. The first-order chi connectivity index (χ1) is 10.2. The van der Waals surface area contributed by atoms with Gasteiger partial charge in [0.15, 0.2) is 0 Å². The van der Waals surface area contributed by atoms with Gasteiger partial charge in [0, 0.05) is 5.56 Å². The van der Waals surface area contributed by atoms with Crippen molar-refractivity contribution in [2.24, 2.45) is 0 Å². The Balaban J connectivity index is 2.10. The Labute approximate surface area is 129 Å². The maximum absolute atomic E-state index is 14.0. The summed E-state index contributed by atoms with van der Waals surface area (Å²) in [6.45, 7) is 3.19. The molecule has 2 aromatic rings. The fraction of sp³-hybridized carbons (Fsp3) is 0.294. The molecule has 0 radical (unpaired) electrons. The van der Waals surface area contributed by atoms with Gasteiger partial charge in [-0.2, -0.15) is 0 Å². The molecule has 2 nitrogen and oxygen atoms in total. The van der Waals surface area contributed by atoms with Crippen molar-refractivity contribution in [2.75, 3.05) is 13.2 Å². The Morgan fingerprint density at radius 2 is 1.86 bits per heavy atom. The van der Waals surface area contributed by atoms with Crippen LogP contribution >= 0.6 is 11.6 Å². The zero-order valence-electron chi connectivity index (χ0n) is 12.0. The maximum atomic E-state index is 14.0. The Morgan fingerprint density at radius 3 is 2.57 bits per heavy atom. The quantitative estimate of drug-likeness (QED) is 0.807. The molecule has 0 saturated carbocycles. The topological polar surface area (TPSA) is 21.3 Å². The van der Waals surface area contributed by atoms with E-state index >= 15 is 0 Å². The Hall–Kier alpha value is -1.58. The third-order valence-corrected chi connectivity index (χ3v) is 3.48. The molecule has 112 valence electrons. The number of hydrogen-bond acceptors (Lipinski definition) is 2. The molecule has 0 aliphatic rings. The minimum atomic E-state index is -0.228. The highest BCUT2D eigenvalue weighted by Crippen LogP contribution is 2.25. The number of rotatable bonds is 7. The summed E-state index contributed by atoms with van der Waals surface area (Å²) in [5, 5.41) is 3.86. The van der Waals surface area contributed by atoms with Gasteiger partial charge in [0.2, 0.25) is 0 Å². The molecule has 1 N–H and O–H groups in total. The van der Waals surface area contributed by atoms with Crippen molar-refractivity contribution < 1.29 is 9.13 Å². The number of para-hydroxylation sites is 1. The standard InChI is InChI=1S/C17H19ClFNO/c1-2-11-20-16(13-7-3-5-9-15(13)19)12-21-17-10-6-4-8-14(17)18/h3-10,16,20H,2,11-12H2,1H3. The van der Waals surface area contributed by atoms with Crippen LogP contribution in [0.1, 0.15) is 24.9 Å². The third kappa shape index (κ3) is 4.45. The summed E-state index contributed by atoms with van der Waals surface area (Å²) in [5.74, 6) is 0.382. The van der Waals surface area contributed by atoms with Crippen molar-refractivity contribution in [1.82, 2.24) is 5.32 Å². The highest BCUT2D eigenvalue weighted by Gasteiger charge is 2.16. The van der Waals surface area contributed by atoms with Gasteiger partial charge in [-0.1, -0.05) is 48.9 Å². The lowest BCUT2D eigenvalue weighted by atomic mass is 10.1. The normalized spacial score (nSPS) is 12.1. The van der Waals surface area contributed by atoms with Crippen LogP contribution in [0.3, 0.4) is 0 Å². The Morgan fingerprint density at radius 1 is 1.14 bits per heavy atom. The van der Waals surface area contributed by atoms with Crippen LogP contribution in [0.2, 0.25) is 5.02 Å². The molecule has 0 amide bonds. The maximum Gasteiger partial charge on any atom is 0.137 e. The monoisotopic (exact) mass is 307 g/mol. The summed E-state index contributed by atoms with van der Waals surface area (Å²) < 4.78 is 19.7. The Bertz CT molecular complexity index is 576. The summed E-state index contributed by atoms with van der Waals surface area (Å²) in [6, 6.07) is 13.8. The zero-order valence-corrected chi connectivity index (χ0v) is 12.7. The van der Waals surface area contributed by atoms with Crippen LogP contribution in [0.25, 0.3) is 0 Å². The zero-order chi connectivity index (χ0) is 15.1. The second-order valence-electron chi connectivity index (χ2n) is 4.77. The molecular weight excluding hydrogens is 289 g/mol. The second-order valence-corrected chi connectivity index (χ2v) is 5.18. The van der Waals surface area contributed by atoms with Crippen LogP contribution in [0.5, 0.6) is 5.75 Å². The van der Waals surface area contributed by atoms with Gasteiger partial charge in [0.1, 0.15) is 18.2 Å². The molecular formula is C17H19ClFNO. The van der Waals surface area contributed by atoms with Crippen LogP contribution in [-0.2, 0) is 0 Å². The highest BCUT2D eigenvalue weighted by molar-refractivity contribution is 6.32. The van der Waals surface area contributed by atoms with Gasteiger partial charge < -0.3 is 10.1 Å². The van der Waals surface area contributed by atoms with E-state index in [1.807, 2.05) is 18.2 Å². The summed E-state index contributed by atoms with van der Waals surface area (Å²) in [7, 11) is 0. The third-order valence-electron chi connectivity index (χ3n) is 3.16. The van der Waals surface area contributed by atoms with Crippen molar-refractivity contribution in [3.8, 4) is 5.75 Å². The number of halogens is 2. The summed E-state index contributed by atoms with van der Waals surface area (Å²) in [5.41, 5.74) is 0.609. The van der Waals surface area contributed by atoms with Crippen molar-refractivity contribution in [3.05, 3.63) is 64.9 Å². The lowest BCUT2D eigenvalue weighted by molar-refractivity contribution is 0.263. The van der Waals surface area contributed by atoms with Crippen molar-refractivity contribution in [1.29, 1.82) is 0 Å². The first kappa shape index (κ1) is 15.8. The predicted octanol–water partition coefficient (Wildman–Crippen LogP) is 4.60. The minimum absolute atomic E-state index is 0.206. The van der Waals surface area contributed by atoms with E-state index in [4.69, 9.17) is 16.3 Å². The first-order valence-corrected chi connectivity index (χ1v) is 7.45. The second kappa shape index (κ2) is 8.01. The molecule has 1 atom stereocenters. The molecule has 2 aromatic carbocycles. The van der Waals surface area contributed by atoms with E-state index < -0.39 is 0 Å². The van der Waals surface area contributed by atoms with Gasteiger partial charge >= 0.3 is 0 Å². The van der Waals surface area contributed by atoms with E-state index in [-0.39, 0.29) is 11.9 Å². The number of hydrogen-bond donors (Lipinski definition) is 1. The molecule has 0 aromatic heterocycles. The lowest BCUT2D eigenvalue weighted by Gasteiger charge is -2.20. The van der Waals surface area contributed by atoms with E-state index in [9.17, 15) is 4.39 Å². The highest BCUT2D eigenvalue weighted by atomic mass is 35.5. The molecule has 0 fully saturated rings. The molecule has 0 saturated heterocycles. The van der Waals surface area contributed by atoms with E-state index in [1.165, 1.54) is 6.07 Å². The SMILES string of the molecule is CCCNC(COc1ccccc1Cl)c1ccccc1F. The van der Waals surface area contributed by atoms with Gasteiger partial charge in [0.05, 0.1) is 11.1 Å². The van der Waals surface area contributed by atoms with Crippen molar-refractivity contribution in [2.45, 2.75) is 19.4 Å². The molecule has 4 heteroatoms. The van der Waals surface area contributed by atoms with Gasteiger partial charge in [-0.3, -0.25) is 0 Å². The molecule has 2 rings (SSSR count). The van der Waals surface area contributed by atoms with Crippen molar-refractivity contribution >= 4 is 11.6 Å². The first-order valence-electron chi connectivity index (χ1n) is 7.07. The van der Waals surface area contributed by atoms with E-state index in [0.717, 1.165) is 13.0 Å². The fourth-order valence-corrected chi connectivity index (χ4v) is 2.26. The fourth-order valence-electron chi connectivity index (χ4n) is 2.07. The van der Waals surface area contributed by atoms with E-state index in [2.05, 4.69) is 12.2 Å². The average molecular weight is 308 g/mol. The summed E-state index contributed by atoms with van der Waals surface area (Å²) >= 11 is 6.07. The predicted molar refractivity (Wildman–Crippen MR) is 84.4 cm³/mol. The molecule has 1 unspecified atom stereocenters. The average Bonchev–Trinajstić information content (AvgIpc) is 2.50. The van der Waals surface area contributed by atoms with Crippen molar-refractivity contribution in [3.63, 3.8) is 0 Å². The van der Waals surface area contributed by atoms with Gasteiger partial charge in [-0.15, -0.1) is 0 Å². The minimum Gasteiger partial charge on any atom is -0.490 e. The Kier molecular flexibility index (Phi) is 6.03. The number of benzene rings is 2. The van der Waals surface area contributed by atoms with Crippen LogP contribution in [0.15, 0.2) is 48.5 Å². The van der Waals surface area contributed by atoms with Gasteiger partial charge in [0.25, 0.3) is 0 Å². The molecule has 0 aliphatic heterocycles. The molecule has 0 bridgehead atoms. The molecule has 0 aliphatic carbocycles. The number of nitrogens with one attached hydrogen (secondary N) is 1. The van der Waals surface area contributed by atoms with Crippen LogP contribution in [-0.4, -0.2) is 13.2 Å². The van der Waals surface area contributed by atoms with Gasteiger partial charge in [-0.25, -0.2) is 4.39 Å². The lowest BCUT2D eigenvalue weighted by Crippen LogP contribution is -2.28. The number of ether oxygens (including phenoxy) is 1. The summed E-state index contributed by atoms with van der Waals surface area (Å²) in [6.07, 6.45) is 0.969. The van der Waals surface area contributed by atoms with Crippen LogP contribution in [0.4, 0.5) is 4.39 Å². The summed E-state index contributed by atoms with van der Waals surface area (Å²) in [4.78, 5) is 0. The van der Waals surface area contributed by atoms with E-state index in [0.29, 0.717) is 22.9 Å². The van der Waals surface area contributed by atoms with Crippen LogP contribution < -0.4 is 10.1 Å². The molecule has 0 heterocycles. The smallest absolute Gasteiger partial charge is 0.137 e. The van der Waals surface area contributed by atoms with E-state index in [1.54, 1.807) is 24.3 Å². The van der Waals surface area contributed by atoms with Gasteiger partial charge in [-0.05, 0) is 31.2 Å². The van der Waals surface area contributed by atoms with Crippen LogP contribution in [0, 0.1) is 5.82 Å². The molecule has 0 spiro atoms. The largest absolute Gasteiger partial charge is 0.490 e.